The predicted octanol–water partition coefficient (Wildman–Crippen LogP) is 2.41. The smallest absolute Gasteiger partial charge is 0.305 e. The van der Waals surface area contributed by atoms with E-state index in [1.54, 1.807) is 10.9 Å². The second-order valence-electron chi connectivity index (χ2n) is 6.95. The van der Waals surface area contributed by atoms with Crippen molar-refractivity contribution >= 4 is 23.3 Å². The zero-order valence-electron chi connectivity index (χ0n) is 15.7. The number of ether oxygens (including phenoxy) is 1. The first-order valence-electron chi connectivity index (χ1n) is 9.30. The molecular formula is C20H18N6O3. The first-order valence-corrected chi connectivity index (χ1v) is 9.30. The quantitative estimate of drug-likeness (QED) is 0.713. The van der Waals surface area contributed by atoms with Crippen LogP contribution in [0.5, 0.6) is 5.88 Å². The second-order valence-corrected chi connectivity index (χ2v) is 6.95. The van der Waals surface area contributed by atoms with Crippen LogP contribution < -0.4 is 9.64 Å². The molecule has 0 atom stereocenters. The number of aliphatic imine (C=N–C) groups is 1. The summed E-state index contributed by atoms with van der Waals surface area (Å²) in [5, 5.41) is 13.1. The van der Waals surface area contributed by atoms with Gasteiger partial charge in [-0.15, -0.1) is 0 Å². The van der Waals surface area contributed by atoms with Crippen LogP contribution >= 0.6 is 0 Å². The first-order chi connectivity index (χ1) is 14.1. The molecule has 1 N–H and O–H groups in total. The summed E-state index contributed by atoms with van der Waals surface area (Å²) >= 11 is 0. The minimum absolute atomic E-state index is 0.0470. The van der Waals surface area contributed by atoms with Gasteiger partial charge in [-0.2, -0.15) is 5.10 Å². The zero-order chi connectivity index (χ0) is 20.0. The Balaban J connectivity index is 1.42. The van der Waals surface area contributed by atoms with Crippen LogP contribution in [-0.2, 0) is 11.3 Å². The lowest BCUT2D eigenvalue weighted by atomic mass is 10.0. The Morgan fingerprint density at radius 1 is 1.31 bits per heavy atom. The molecule has 146 valence electrons. The Morgan fingerprint density at radius 2 is 2.21 bits per heavy atom. The molecule has 0 fully saturated rings. The molecular weight excluding hydrogens is 372 g/mol. The lowest BCUT2D eigenvalue weighted by molar-refractivity contribution is -0.137. The van der Waals surface area contributed by atoms with E-state index in [0.717, 1.165) is 33.8 Å². The van der Waals surface area contributed by atoms with Crippen molar-refractivity contribution in [1.29, 1.82) is 0 Å². The summed E-state index contributed by atoms with van der Waals surface area (Å²) in [5.41, 5.74) is 5.00. The molecule has 1 aromatic carbocycles. The molecule has 29 heavy (non-hydrogen) atoms. The number of aliphatic carboxylic acids is 1. The molecule has 0 aliphatic carbocycles. The van der Waals surface area contributed by atoms with Gasteiger partial charge in [0.1, 0.15) is 18.5 Å². The van der Waals surface area contributed by atoms with Gasteiger partial charge in [-0.25, -0.2) is 15.0 Å². The molecule has 0 saturated heterocycles. The maximum Gasteiger partial charge on any atom is 0.305 e. The molecule has 0 radical (unpaired) electrons. The van der Waals surface area contributed by atoms with Gasteiger partial charge in [0.15, 0.2) is 11.7 Å². The number of carbonyl (C=O) groups is 1. The number of carboxylic acid groups (broad SMARTS) is 1. The van der Waals surface area contributed by atoms with Crippen LogP contribution in [0.3, 0.4) is 0 Å². The average molecular weight is 390 g/mol. The Labute approximate surface area is 166 Å². The number of aryl methyl sites for hydroxylation is 2. The van der Waals surface area contributed by atoms with E-state index >= 15 is 0 Å². The zero-order valence-corrected chi connectivity index (χ0v) is 15.7. The Hall–Kier alpha value is -3.75. The van der Waals surface area contributed by atoms with Crippen LogP contribution in [0.2, 0.25) is 0 Å². The topological polar surface area (TPSA) is 106 Å². The molecule has 0 unspecified atom stereocenters. The van der Waals surface area contributed by atoms with Crippen LogP contribution in [0, 0.1) is 6.92 Å². The number of hydrogen-bond donors (Lipinski definition) is 1. The van der Waals surface area contributed by atoms with Crippen LogP contribution in [-0.4, -0.2) is 49.8 Å². The van der Waals surface area contributed by atoms with Gasteiger partial charge in [-0.1, -0.05) is 6.07 Å². The molecule has 9 heteroatoms. The van der Waals surface area contributed by atoms with Gasteiger partial charge >= 0.3 is 5.97 Å². The van der Waals surface area contributed by atoms with E-state index in [0.29, 0.717) is 31.4 Å². The molecule has 2 aliphatic rings. The van der Waals surface area contributed by atoms with Gasteiger partial charge in [-0.3, -0.25) is 9.48 Å². The third-order valence-corrected chi connectivity index (χ3v) is 5.06. The molecule has 3 aromatic rings. The third kappa shape index (κ3) is 3.00. The molecule has 9 nitrogen and oxygen atoms in total. The van der Waals surface area contributed by atoms with Crippen molar-refractivity contribution < 1.29 is 14.6 Å². The minimum Gasteiger partial charge on any atom is -0.481 e. The van der Waals surface area contributed by atoms with Crippen molar-refractivity contribution in [2.75, 3.05) is 18.1 Å². The van der Waals surface area contributed by atoms with E-state index in [9.17, 15) is 4.79 Å². The highest BCUT2D eigenvalue weighted by Crippen LogP contribution is 2.38. The standard InChI is InChI=1S/C20H18N6O3/c1-12-8-14(2-3-15(12)13-9-23-25(10-13)5-4-16(27)28)26-6-7-29-20-17-18(21-11-22-20)24-19(17)26/h2-3,8-11H,4-7H2,1H3,(H,27,28). The third-order valence-electron chi connectivity index (χ3n) is 5.06. The van der Waals surface area contributed by atoms with Gasteiger partial charge in [-0.05, 0) is 30.2 Å². The summed E-state index contributed by atoms with van der Waals surface area (Å²) in [7, 11) is 0. The Kier molecular flexibility index (Phi) is 4.01. The molecule has 0 amide bonds. The van der Waals surface area contributed by atoms with Crippen molar-refractivity contribution in [1.82, 2.24) is 19.7 Å². The lowest BCUT2D eigenvalue weighted by Gasteiger charge is -2.28. The number of rotatable bonds is 5. The van der Waals surface area contributed by atoms with Crippen molar-refractivity contribution in [2.45, 2.75) is 19.9 Å². The van der Waals surface area contributed by atoms with Gasteiger partial charge in [0.25, 0.3) is 0 Å². The fourth-order valence-corrected chi connectivity index (χ4v) is 3.61. The maximum atomic E-state index is 10.8. The molecule has 5 rings (SSSR count). The van der Waals surface area contributed by atoms with Gasteiger partial charge < -0.3 is 14.7 Å². The summed E-state index contributed by atoms with van der Waals surface area (Å²) in [6.07, 6.45) is 5.16. The van der Waals surface area contributed by atoms with E-state index < -0.39 is 5.97 Å². The normalized spacial score (nSPS) is 14.4. The lowest BCUT2D eigenvalue weighted by Crippen LogP contribution is -2.35. The second kappa shape index (κ2) is 6.69. The highest BCUT2D eigenvalue weighted by Gasteiger charge is 2.33. The number of anilines is 1. The minimum atomic E-state index is -0.835. The summed E-state index contributed by atoms with van der Waals surface area (Å²) in [6.45, 7) is 3.58. The van der Waals surface area contributed by atoms with Crippen molar-refractivity contribution in [2.24, 2.45) is 4.99 Å². The van der Waals surface area contributed by atoms with Crippen LogP contribution in [0.4, 0.5) is 11.5 Å². The molecule has 0 saturated carbocycles. The molecule has 0 bridgehead atoms. The summed E-state index contributed by atoms with van der Waals surface area (Å²) in [4.78, 5) is 25.8. The maximum absolute atomic E-state index is 10.8. The number of amidine groups is 1. The predicted molar refractivity (Wildman–Crippen MR) is 106 cm³/mol. The Bertz CT molecular complexity index is 1150. The first kappa shape index (κ1) is 17.4. The van der Waals surface area contributed by atoms with Crippen LogP contribution in [0.15, 0.2) is 41.9 Å². The average Bonchev–Trinajstić information content (AvgIpc) is 3.07. The van der Waals surface area contributed by atoms with E-state index in [4.69, 9.17) is 9.84 Å². The summed E-state index contributed by atoms with van der Waals surface area (Å²) in [5.74, 6) is 1.25. The SMILES string of the molecule is Cc1cc(N2CCOc3ncnc4c3C2=N4)ccc1-c1cnn(CCC(=O)O)c1. The van der Waals surface area contributed by atoms with Gasteiger partial charge in [0, 0.05) is 17.4 Å². The Morgan fingerprint density at radius 3 is 3.03 bits per heavy atom. The van der Waals surface area contributed by atoms with E-state index in [2.05, 4.69) is 37.1 Å². The molecule has 4 heterocycles. The number of hydrogen-bond acceptors (Lipinski definition) is 7. The highest BCUT2D eigenvalue weighted by atomic mass is 16.5. The number of aromatic nitrogens is 4. The molecule has 0 spiro atoms. The number of carboxylic acids is 1. The number of benzene rings is 1. The van der Waals surface area contributed by atoms with Crippen molar-refractivity contribution in [3.05, 3.63) is 48.0 Å². The summed E-state index contributed by atoms with van der Waals surface area (Å²) in [6, 6.07) is 6.21. The van der Waals surface area contributed by atoms with Crippen molar-refractivity contribution in [3.8, 4) is 17.0 Å². The van der Waals surface area contributed by atoms with E-state index in [1.165, 1.54) is 6.33 Å². The van der Waals surface area contributed by atoms with Crippen molar-refractivity contribution in [3.63, 3.8) is 0 Å². The number of nitrogens with zero attached hydrogens (tertiary/aromatic N) is 6. The fourth-order valence-electron chi connectivity index (χ4n) is 3.61. The molecule has 2 aromatic heterocycles. The fraction of sp³-hybridized carbons (Fsp3) is 0.250. The monoisotopic (exact) mass is 390 g/mol. The van der Waals surface area contributed by atoms with Crippen LogP contribution in [0.25, 0.3) is 11.1 Å². The van der Waals surface area contributed by atoms with E-state index in [-0.39, 0.29) is 6.42 Å². The highest BCUT2D eigenvalue weighted by molar-refractivity contribution is 6.20. The largest absolute Gasteiger partial charge is 0.481 e. The van der Waals surface area contributed by atoms with Gasteiger partial charge in [0.2, 0.25) is 5.88 Å². The molecule has 2 aliphatic heterocycles. The van der Waals surface area contributed by atoms with Crippen LogP contribution in [0.1, 0.15) is 17.5 Å². The van der Waals surface area contributed by atoms with E-state index in [1.807, 2.05) is 19.2 Å². The summed E-state index contributed by atoms with van der Waals surface area (Å²) < 4.78 is 7.41. The van der Waals surface area contributed by atoms with Gasteiger partial charge in [0.05, 0.1) is 25.7 Å².